The van der Waals surface area contributed by atoms with Gasteiger partial charge in [-0.25, -0.2) is 9.97 Å². The molecule has 1 aromatic carbocycles. The van der Waals surface area contributed by atoms with Crippen molar-refractivity contribution in [3.8, 4) is 11.3 Å². The number of carboxylic acid groups (broad SMARTS) is 1. The van der Waals surface area contributed by atoms with Gasteiger partial charge in [-0.3, -0.25) is 4.79 Å². The second-order valence-corrected chi connectivity index (χ2v) is 4.77. The maximum absolute atomic E-state index is 10.6. The van der Waals surface area contributed by atoms with Gasteiger partial charge in [0.15, 0.2) is 0 Å². The molecule has 0 saturated carbocycles. The molecule has 0 fully saturated rings. The molecule has 0 amide bonds. The molecule has 0 bridgehead atoms. The molecule has 1 aromatic heterocycles. The Morgan fingerprint density at radius 2 is 2.00 bits per heavy atom. The summed E-state index contributed by atoms with van der Waals surface area (Å²) in [7, 11) is 0. The van der Waals surface area contributed by atoms with Crippen LogP contribution in [0.2, 0.25) is 5.02 Å². The molecule has 18 heavy (non-hydrogen) atoms. The SMILES string of the molecule is O=C(O)Cc1cnc(Br)c(-c2ccc(Cl)cc2)n1. The Balaban J connectivity index is 2.42. The molecule has 0 aliphatic carbocycles. The fourth-order valence-electron chi connectivity index (χ4n) is 1.44. The lowest BCUT2D eigenvalue weighted by atomic mass is 10.1. The molecule has 0 spiro atoms. The molecule has 2 rings (SSSR count). The van der Waals surface area contributed by atoms with E-state index in [9.17, 15) is 4.79 Å². The van der Waals surface area contributed by atoms with Gasteiger partial charge >= 0.3 is 5.97 Å². The average molecular weight is 328 g/mol. The van der Waals surface area contributed by atoms with Crippen LogP contribution < -0.4 is 0 Å². The zero-order valence-electron chi connectivity index (χ0n) is 9.10. The molecule has 1 heterocycles. The number of carbonyl (C=O) groups is 1. The summed E-state index contributed by atoms with van der Waals surface area (Å²) in [5, 5.41) is 9.37. The summed E-state index contributed by atoms with van der Waals surface area (Å²) in [4.78, 5) is 19.0. The van der Waals surface area contributed by atoms with Crippen LogP contribution in [0, 0.1) is 0 Å². The normalized spacial score (nSPS) is 10.3. The number of nitrogens with zero attached hydrogens (tertiary/aromatic N) is 2. The number of carboxylic acids is 1. The van der Waals surface area contributed by atoms with Gasteiger partial charge in [0.25, 0.3) is 0 Å². The van der Waals surface area contributed by atoms with Gasteiger partial charge in [0.05, 0.1) is 18.3 Å². The maximum atomic E-state index is 10.6. The van der Waals surface area contributed by atoms with Gasteiger partial charge in [0.2, 0.25) is 0 Å². The first-order chi connectivity index (χ1) is 8.56. The number of aromatic nitrogens is 2. The molecule has 4 nitrogen and oxygen atoms in total. The zero-order chi connectivity index (χ0) is 13.1. The van der Waals surface area contributed by atoms with Crippen molar-refractivity contribution >= 4 is 33.5 Å². The van der Waals surface area contributed by atoms with Crippen LogP contribution >= 0.6 is 27.5 Å². The van der Waals surface area contributed by atoms with Crippen molar-refractivity contribution in [2.45, 2.75) is 6.42 Å². The van der Waals surface area contributed by atoms with Crippen molar-refractivity contribution in [1.29, 1.82) is 0 Å². The average Bonchev–Trinajstić information content (AvgIpc) is 2.32. The van der Waals surface area contributed by atoms with Crippen LogP contribution in [-0.4, -0.2) is 21.0 Å². The Labute approximate surface area is 117 Å². The molecule has 2 aromatic rings. The third kappa shape index (κ3) is 3.05. The van der Waals surface area contributed by atoms with E-state index in [2.05, 4.69) is 25.9 Å². The summed E-state index contributed by atoms with van der Waals surface area (Å²) in [6.45, 7) is 0. The van der Waals surface area contributed by atoms with Crippen LogP contribution in [0.25, 0.3) is 11.3 Å². The smallest absolute Gasteiger partial charge is 0.309 e. The number of benzene rings is 1. The Morgan fingerprint density at radius 3 is 2.61 bits per heavy atom. The van der Waals surface area contributed by atoms with Crippen LogP contribution in [0.1, 0.15) is 5.69 Å². The molecule has 0 saturated heterocycles. The molecule has 6 heteroatoms. The Bertz CT molecular complexity index is 587. The van der Waals surface area contributed by atoms with Crippen molar-refractivity contribution in [2.24, 2.45) is 0 Å². The van der Waals surface area contributed by atoms with Crippen LogP contribution in [0.5, 0.6) is 0 Å². The van der Waals surface area contributed by atoms with Gasteiger partial charge in [-0.2, -0.15) is 0 Å². The van der Waals surface area contributed by atoms with Crippen molar-refractivity contribution < 1.29 is 9.90 Å². The summed E-state index contributed by atoms with van der Waals surface area (Å²) >= 11 is 9.11. The topological polar surface area (TPSA) is 63.1 Å². The quantitative estimate of drug-likeness (QED) is 0.940. The molecular weight excluding hydrogens is 320 g/mol. The minimum Gasteiger partial charge on any atom is -0.481 e. The summed E-state index contributed by atoms with van der Waals surface area (Å²) < 4.78 is 0.568. The lowest BCUT2D eigenvalue weighted by molar-refractivity contribution is -0.136. The monoisotopic (exact) mass is 326 g/mol. The second-order valence-electron chi connectivity index (χ2n) is 3.58. The maximum Gasteiger partial charge on any atom is 0.309 e. The zero-order valence-corrected chi connectivity index (χ0v) is 11.4. The van der Waals surface area contributed by atoms with Crippen LogP contribution in [0.4, 0.5) is 0 Å². The first-order valence-corrected chi connectivity index (χ1v) is 6.22. The molecule has 0 radical (unpaired) electrons. The third-order valence-electron chi connectivity index (χ3n) is 2.23. The Morgan fingerprint density at radius 1 is 1.33 bits per heavy atom. The first-order valence-electron chi connectivity index (χ1n) is 5.05. The van der Waals surface area contributed by atoms with Crippen molar-refractivity contribution in [3.05, 3.63) is 45.8 Å². The highest BCUT2D eigenvalue weighted by atomic mass is 79.9. The molecule has 92 valence electrons. The van der Waals surface area contributed by atoms with Gasteiger partial charge in [-0.1, -0.05) is 23.7 Å². The number of rotatable bonds is 3. The second kappa shape index (κ2) is 5.46. The van der Waals surface area contributed by atoms with E-state index in [1.807, 2.05) is 12.1 Å². The first kappa shape index (κ1) is 13.0. The number of hydrogen-bond donors (Lipinski definition) is 1. The van der Waals surface area contributed by atoms with E-state index < -0.39 is 5.97 Å². The molecule has 0 unspecified atom stereocenters. The predicted octanol–water partition coefficient (Wildman–Crippen LogP) is 3.19. The van der Waals surface area contributed by atoms with E-state index in [0.717, 1.165) is 5.56 Å². The van der Waals surface area contributed by atoms with Crippen molar-refractivity contribution in [2.75, 3.05) is 0 Å². The van der Waals surface area contributed by atoms with Gasteiger partial charge < -0.3 is 5.11 Å². The minimum absolute atomic E-state index is 0.152. The van der Waals surface area contributed by atoms with Gasteiger partial charge in [0, 0.05) is 10.6 Å². The molecule has 0 atom stereocenters. The van der Waals surface area contributed by atoms with Crippen LogP contribution in [0.3, 0.4) is 0 Å². The van der Waals surface area contributed by atoms with E-state index in [0.29, 0.717) is 21.0 Å². The lowest BCUT2D eigenvalue weighted by Crippen LogP contribution is -2.04. The van der Waals surface area contributed by atoms with E-state index in [4.69, 9.17) is 16.7 Å². The fourth-order valence-corrected chi connectivity index (χ4v) is 1.99. The summed E-state index contributed by atoms with van der Waals surface area (Å²) in [5.41, 5.74) is 1.84. The van der Waals surface area contributed by atoms with E-state index in [-0.39, 0.29) is 6.42 Å². The molecule has 1 N–H and O–H groups in total. The van der Waals surface area contributed by atoms with Crippen LogP contribution in [-0.2, 0) is 11.2 Å². The van der Waals surface area contributed by atoms with Crippen LogP contribution in [0.15, 0.2) is 35.1 Å². The predicted molar refractivity (Wildman–Crippen MR) is 71.5 cm³/mol. The summed E-state index contributed by atoms with van der Waals surface area (Å²) in [6.07, 6.45) is 1.29. The number of halogens is 2. The van der Waals surface area contributed by atoms with E-state index in [1.54, 1.807) is 12.1 Å². The molecule has 0 aliphatic rings. The highest BCUT2D eigenvalue weighted by Gasteiger charge is 2.10. The standard InChI is InChI=1S/C12H8BrClN2O2/c13-12-11(7-1-3-8(14)4-2-7)16-9(6-15-12)5-10(17)18/h1-4,6H,5H2,(H,17,18). The number of hydrogen-bond acceptors (Lipinski definition) is 3. The molecule has 0 aliphatic heterocycles. The van der Waals surface area contributed by atoms with E-state index >= 15 is 0 Å². The van der Waals surface area contributed by atoms with Gasteiger partial charge in [-0.15, -0.1) is 0 Å². The Kier molecular flexibility index (Phi) is 3.93. The summed E-state index contributed by atoms with van der Waals surface area (Å²) in [6, 6.07) is 7.10. The Hall–Kier alpha value is -1.46. The molecular formula is C12H8BrClN2O2. The van der Waals surface area contributed by atoms with Crippen molar-refractivity contribution in [3.63, 3.8) is 0 Å². The minimum atomic E-state index is -0.936. The van der Waals surface area contributed by atoms with E-state index in [1.165, 1.54) is 6.20 Å². The van der Waals surface area contributed by atoms with Gasteiger partial charge in [0.1, 0.15) is 10.3 Å². The fraction of sp³-hybridized carbons (Fsp3) is 0.0833. The highest BCUT2D eigenvalue weighted by Crippen LogP contribution is 2.25. The summed E-state index contributed by atoms with van der Waals surface area (Å²) in [5.74, 6) is -0.936. The number of aliphatic carboxylic acids is 1. The van der Waals surface area contributed by atoms with Gasteiger partial charge in [-0.05, 0) is 28.1 Å². The van der Waals surface area contributed by atoms with Crippen molar-refractivity contribution in [1.82, 2.24) is 9.97 Å². The highest BCUT2D eigenvalue weighted by molar-refractivity contribution is 9.10. The largest absolute Gasteiger partial charge is 0.481 e. The lowest BCUT2D eigenvalue weighted by Gasteiger charge is -2.05. The third-order valence-corrected chi connectivity index (χ3v) is 3.06.